The molecule has 6 heteroatoms. The lowest BCUT2D eigenvalue weighted by Gasteiger charge is -2.34. The number of aromatic amines is 1. The van der Waals surface area contributed by atoms with E-state index in [-0.39, 0.29) is 5.91 Å². The van der Waals surface area contributed by atoms with E-state index in [0.717, 1.165) is 48.9 Å². The van der Waals surface area contributed by atoms with Crippen LogP contribution in [0, 0.1) is 5.92 Å². The molecule has 152 valence electrons. The number of nitrogens with zero attached hydrogens (tertiary/aromatic N) is 3. The molecule has 0 spiro atoms. The number of nitrogens with one attached hydrogen (secondary N) is 1. The van der Waals surface area contributed by atoms with E-state index in [2.05, 4.69) is 14.9 Å². The largest absolute Gasteiger partial charge is 0.387 e. The molecule has 0 aliphatic carbocycles. The number of fused-ring (bicyclic) bond motifs is 1. The summed E-state index contributed by atoms with van der Waals surface area (Å²) < 4.78 is 0. The normalized spacial score (nSPS) is 16.8. The van der Waals surface area contributed by atoms with Gasteiger partial charge in [-0.05, 0) is 49.5 Å². The van der Waals surface area contributed by atoms with Gasteiger partial charge in [-0.15, -0.1) is 0 Å². The average Bonchev–Trinajstić information content (AvgIpc) is 3.24. The van der Waals surface area contributed by atoms with Crippen LogP contribution in [-0.4, -0.2) is 64.0 Å². The Bertz CT molecular complexity index is 948. The van der Waals surface area contributed by atoms with E-state index in [1.54, 1.807) is 11.1 Å². The van der Waals surface area contributed by atoms with Crippen LogP contribution in [0.4, 0.5) is 0 Å². The summed E-state index contributed by atoms with van der Waals surface area (Å²) in [7, 11) is 1.86. The van der Waals surface area contributed by atoms with Gasteiger partial charge in [0, 0.05) is 43.4 Å². The van der Waals surface area contributed by atoms with Gasteiger partial charge in [-0.25, -0.2) is 0 Å². The lowest BCUT2D eigenvalue weighted by atomic mass is 9.95. The number of hydrogen-bond donors (Lipinski definition) is 2. The third-order valence-electron chi connectivity index (χ3n) is 5.88. The van der Waals surface area contributed by atoms with Crippen molar-refractivity contribution < 1.29 is 9.90 Å². The Kier molecular flexibility index (Phi) is 5.92. The molecule has 1 aromatic carbocycles. The van der Waals surface area contributed by atoms with E-state index in [9.17, 15) is 9.90 Å². The molecule has 29 heavy (non-hydrogen) atoms. The molecule has 0 saturated carbocycles. The molecule has 1 aliphatic heterocycles. The molecule has 6 nitrogen and oxygen atoms in total. The number of carbonyl (C=O) groups is 1. The highest BCUT2D eigenvalue weighted by molar-refractivity contribution is 6.04. The van der Waals surface area contributed by atoms with Gasteiger partial charge in [-0.3, -0.25) is 9.78 Å². The lowest BCUT2D eigenvalue weighted by Crippen LogP contribution is -2.41. The Morgan fingerprint density at radius 2 is 2.00 bits per heavy atom. The van der Waals surface area contributed by atoms with Gasteiger partial charge in [0.2, 0.25) is 0 Å². The van der Waals surface area contributed by atoms with Crippen molar-refractivity contribution in [1.29, 1.82) is 0 Å². The van der Waals surface area contributed by atoms with Crippen LogP contribution < -0.4 is 0 Å². The van der Waals surface area contributed by atoms with Crippen molar-refractivity contribution in [1.82, 2.24) is 19.8 Å². The summed E-state index contributed by atoms with van der Waals surface area (Å²) in [5.74, 6) is 0.441. The molecule has 1 unspecified atom stereocenters. The highest BCUT2D eigenvalue weighted by Gasteiger charge is 2.25. The van der Waals surface area contributed by atoms with Crippen LogP contribution in [0.25, 0.3) is 10.9 Å². The van der Waals surface area contributed by atoms with Crippen molar-refractivity contribution in [3.8, 4) is 0 Å². The quantitative estimate of drug-likeness (QED) is 0.676. The number of benzene rings is 1. The van der Waals surface area contributed by atoms with Crippen LogP contribution in [0.5, 0.6) is 0 Å². The molecule has 2 aromatic heterocycles. The number of likely N-dealkylation sites (tertiary alicyclic amines) is 1. The highest BCUT2D eigenvalue weighted by atomic mass is 16.3. The van der Waals surface area contributed by atoms with Crippen molar-refractivity contribution >= 4 is 16.8 Å². The molecule has 3 heterocycles. The smallest absolute Gasteiger partial charge is 0.272 e. The zero-order chi connectivity index (χ0) is 20.2. The predicted octanol–water partition coefficient (Wildman–Crippen LogP) is 3.08. The summed E-state index contributed by atoms with van der Waals surface area (Å²) in [5.41, 5.74) is 2.41. The van der Waals surface area contributed by atoms with Crippen LogP contribution in [0.15, 0.2) is 54.9 Å². The van der Waals surface area contributed by atoms with Gasteiger partial charge in [0.15, 0.2) is 0 Å². The highest BCUT2D eigenvalue weighted by Crippen LogP contribution is 2.23. The molecule has 4 rings (SSSR count). The Labute approximate surface area is 171 Å². The Morgan fingerprint density at radius 3 is 2.76 bits per heavy atom. The van der Waals surface area contributed by atoms with E-state index in [1.807, 2.05) is 55.7 Å². The lowest BCUT2D eigenvalue weighted by molar-refractivity contribution is 0.0679. The number of amides is 1. The van der Waals surface area contributed by atoms with Crippen LogP contribution >= 0.6 is 0 Å². The van der Waals surface area contributed by atoms with Gasteiger partial charge in [-0.1, -0.05) is 30.3 Å². The molecule has 1 saturated heterocycles. The van der Waals surface area contributed by atoms with Gasteiger partial charge < -0.3 is 19.9 Å². The number of aromatic nitrogens is 2. The van der Waals surface area contributed by atoms with Crippen LogP contribution in [0.3, 0.4) is 0 Å². The third kappa shape index (κ3) is 4.49. The van der Waals surface area contributed by atoms with Crippen molar-refractivity contribution in [3.63, 3.8) is 0 Å². The minimum atomic E-state index is -0.454. The molecule has 2 N–H and O–H groups in total. The predicted molar refractivity (Wildman–Crippen MR) is 114 cm³/mol. The van der Waals surface area contributed by atoms with Gasteiger partial charge in [-0.2, -0.15) is 0 Å². The maximum atomic E-state index is 12.9. The van der Waals surface area contributed by atoms with Gasteiger partial charge in [0.1, 0.15) is 5.69 Å². The van der Waals surface area contributed by atoms with E-state index >= 15 is 0 Å². The summed E-state index contributed by atoms with van der Waals surface area (Å²) in [6.07, 6.45) is 5.12. The van der Waals surface area contributed by atoms with Gasteiger partial charge in [0.05, 0.1) is 6.10 Å². The second kappa shape index (κ2) is 8.76. The van der Waals surface area contributed by atoms with Crippen LogP contribution in [-0.2, 0) is 0 Å². The molecule has 1 amide bonds. The fourth-order valence-electron chi connectivity index (χ4n) is 4.18. The Balaban J connectivity index is 1.29. The van der Waals surface area contributed by atoms with Crippen molar-refractivity contribution in [2.24, 2.45) is 5.92 Å². The SMILES string of the molecule is CN(CC1CCN(CC(O)c2ccccc2)CC1)C(=O)c1nccc2[nH]ccc12. The molecular weight excluding hydrogens is 364 g/mol. The van der Waals surface area contributed by atoms with Crippen molar-refractivity contribution in [2.75, 3.05) is 33.2 Å². The number of pyridine rings is 1. The zero-order valence-corrected chi connectivity index (χ0v) is 16.8. The van der Waals surface area contributed by atoms with Crippen molar-refractivity contribution in [3.05, 3.63) is 66.1 Å². The summed E-state index contributed by atoms with van der Waals surface area (Å²) in [5, 5.41) is 11.3. The maximum absolute atomic E-state index is 12.9. The summed E-state index contributed by atoms with van der Waals surface area (Å²) in [4.78, 5) is 24.5. The number of aliphatic hydroxyl groups is 1. The fourth-order valence-corrected chi connectivity index (χ4v) is 4.18. The topological polar surface area (TPSA) is 72.5 Å². The van der Waals surface area contributed by atoms with E-state index < -0.39 is 6.10 Å². The van der Waals surface area contributed by atoms with E-state index in [0.29, 0.717) is 18.2 Å². The van der Waals surface area contributed by atoms with E-state index in [1.165, 1.54) is 0 Å². The summed E-state index contributed by atoms with van der Waals surface area (Å²) in [6, 6.07) is 13.6. The molecule has 0 bridgehead atoms. The molecule has 1 fully saturated rings. The van der Waals surface area contributed by atoms with Crippen LogP contribution in [0.2, 0.25) is 0 Å². The Morgan fingerprint density at radius 1 is 1.24 bits per heavy atom. The summed E-state index contributed by atoms with van der Waals surface area (Å²) in [6.45, 7) is 3.28. The van der Waals surface area contributed by atoms with Gasteiger partial charge >= 0.3 is 0 Å². The number of β-amino-alcohol motifs (C(OH)–C–C–N with tert-alkyl or cyclic N) is 1. The average molecular weight is 393 g/mol. The molecule has 1 atom stereocenters. The van der Waals surface area contributed by atoms with Crippen LogP contribution in [0.1, 0.15) is 35.0 Å². The standard InChI is InChI=1S/C23H28N4O2/c1-26(23(29)22-19-7-11-24-20(19)8-12-25-22)15-17-9-13-27(14-10-17)16-21(28)18-5-3-2-4-6-18/h2-8,11-12,17,21,24,28H,9-10,13-16H2,1H3. The minimum Gasteiger partial charge on any atom is -0.387 e. The zero-order valence-electron chi connectivity index (χ0n) is 16.8. The molecule has 1 aliphatic rings. The first-order valence-electron chi connectivity index (χ1n) is 10.2. The summed E-state index contributed by atoms with van der Waals surface area (Å²) >= 11 is 0. The second-order valence-electron chi connectivity index (χ2n) is 7.95. The first kappa shape index (κ1) is 19.6. The maximum Gasteiger partial charge on any atom is 0.272 e. The monoisotopic (exact) mass is 392 g/mol. The number of hydrogen-bond acceptors (Lipinski definition) is 4. The number of aliphatic hydroxyl groups excluding tert-OH is 1. The van der Waals surface area contributed by atoms with E-state index in [4.69, 9.17) is 0 Å². The molecule has 0 radical (unpaired) electrons. The number of H-pyrrole nitrogens is 1. The Hall–Kier alpha value is -2.70. The first-order valence-corrected chi connectivity index (χ1v) is 10.2. The number of rotatable bonds is 6. The van der Waals surface area contributed by atoms with Gasteiger partial charge in [0.25, 0.3) is 5.91 Å². The fraction of sp³-hybridized carbons (Fsp3) is 0.391. The van der Waals surface area contributed by atoms with Crippen molar-refractivity contribution in [2.45, 2.75) is 18.9 Å². The number of piperidine rings is 1. The first-order chi connectivity index (χ1) is 14.1. The second-order valence-corrected chi connectivity index (χ2v) is 7.95. The molecule has 3 aromatic rings. The molecular formula is C23H28N4O2. The minimum absolute atomic E-state index is 0.0304. The number of carbonyl (C=O) groups excluding carboxylic acids is 1. The third-order valence-corrected chi connectivity index (χ3v) is 5.88.